The summed E-state index contributed by atoms with van der Waals surface area (Å²) in [6.07, 6.45) is 0. The third-order valence-electron chi connectivity index (χ3n) is 2.82. The summed E-state index contributed by atoms with van der Waals surface area (Å²) in [5.41, 5.74) is 1.82. The summed E-state index contributed by atoms with van der Waals surface area (Å²) in [5, 5.41) is 0.405. The van der Waals surface area contributed by atoms with E-state index in [1.165, 1.54) is 0 Å². The summed E-state index contributed by atoms with van der Waals surface area (Å²) in [6.45, 7) is 3.29. The highest BCUT2D eigenvalue weighted by Crippen LogP contribution is 2.22. The van der Waals surface area contributed by atoms with Crippen LogP contribution in [0.5, 0.6) is 0 Å². The van der Waals surface area contributed by atoms with Gasteiger partial charge in [0.15, 0.2) is 5.78 Å². The number of rotatable bonds is 2. The molecule has 2 aromatic rings. The average Bonchev–Trinajstić information content (AvgIpc) is 2.35. The number of hydrogen-bond donors (Lipinski definition) is 0. The molecule has 0 aliphatic rings. The lowest BCUT2D eigenvalue weighted by Crippen LogP contribution is -2.04. The maximum absolute atomic E-state index is 13.5. The quantitative estimate of drug-likeness (QED) is 0.737. The fourth-order valence-electron chi connectivity index (χ4n) is 1.88. The SMILES string of the molecule is Cc1cc(C(=O)c2ccccc2Cl)cc(C)c1F. The van der Waals surface area contributed by atoms with Crippen molar-refractivity contribution in [2.45, 2.75) is 13.8 Å². The van der Waals surface area contributed by atoms with Crippen LogP contribution in [0.1, 0.15) is 27.0 Å². The Kier molecular flexibility index (Phi) is 3.48. The largest absolute Gasteiger partial charge is 0.289 e. The van der Waals surface area contributed by atoms with Crippen LogP contribution in [0.25, 0.3) is 0 Å². The van der Waals surface area contributed by atoms with Gasteiger partial charge in [-0.25, -0.2) is 4.39 Å². The number of carbonyl (C=O) groups is 1. The van der Waals surface area contributed by atoms with Crippen molar-refractivity contribution in [2.24, 2.45) is 0 Å². The van der Waals surface area contributed by atoms with Gasteiger partial charge in [0.2, 0.25) is 0 Å². The van der Waals surface area contributed by atoms with Crippen LogP contribution in [-0.4, -0.2) is 5.78 Å². The molecule has 0 radical (unpaired) electrons. The first kappa shape index (κ1) is 12.8. The molecule has 0 aliphatic heterocycles. The van der Waals surface area contributed by atoms with Crippen LogP contribution < -0.4 is 0 Å². The summed E-state index contributed by atoms with van der Waals surface area (Å²) < 4.78 is 13.5. The van der Waals surface area contributed by atoms with Gasteiger partial charge in [0.25, 0.3) is 0 Å². The minimum absolute atomic E-state index is 0.188. The van der Waals surface area contributed by atoms with Crippen molar-refractivity contribution >= 4 is 17.4 Å². The summed E-state index contributed by atoms with van der Waals surface area (Å²) in [6, 6.07) is 9.95. The number of aryl methyl sites for hydroxylation is 2. The van der Waals surface area contributed by atoms with Crippen LogP contribution in [-0.2, 0) is 0 Å². The molecule has 2 aromatic carbocycles. The monoisotopic (exact) mass is 262 g/mol. The Hall–Kier alpha value is -1.67. The molecule has 1 nitrogen and oxygen atoms in total. The number of hydrogen-bond acceptors (Lipinski definition) is 1. The minimum Gasteiger partial charge on any atom is -0.289 e. The molecule has 0 bridgehead atoms. The van der Waals surface area contributed by atoms with Gasteiger partial charge in [-0.1, -0.05) is 23.7 Å². The topological polar surface area (TPSA) is 17.1 Å². The molecule has 0 heterocycles. The van der Waals surface area contributed by atoms with Crippen LogP contribution in [0.2, 0.25) is 5.02 Å². The van der Waals surface area contributed by atoms with Crippen molar-refractivity contribution in [3.63, 3.8) is 0 Å². The molecule has 0 aromatic heterocycles. The molecule has 3 heteroatoms. The number of halogens is 2. The summed E-state index contributed by atoms with van der Waals surface area (Å²) in [7, 11) is 0. The van der Waals surface area contributed by atoms with Crippen LogP contribution in [0, 0.1) is 19.7 Å². The zero-order chi connectivity index (χ0) is 13.3. The van der Waals surface area contributed by atoms with E-state index < -0.39 is 0 Å². The van der Waals surface area contributed by atoms with Crippen molar-refractivity contribution in [2.75, 3.05) is 0 Å². The van der Waals surface area contributed by atoms with Crippen LogP contribution >= 0.6 is 11.6 Å². The van der Waals surface area contributed by atoms with Crippen LogP contribution in [0.15, 0.2) is 36.4 Å². The van der Waals surface area contributed by atoms with E-state index in [4.69, 9.17) is 11.6 Å². The molecular weight excluding hydrogens is 251 g/mol. The highest BCUT2D eigenvalue weighted by atomic mass is 35.5. The molecule has 0 amide bonds. The van der Waals surface area contributed by atoms with E-state index >= 15 is 0 Å². The molecule has 2 rings (SSSR count). The fourth-order valence-corrected chi connectivity index (χ4v) is 2.10. The first-order valence-corrected chi connectivity index (χ1v) is 5.94. The van der Waals surface area contributed by atoms with Crippen molar-refractivity contribution in [3.8, 4) is 0 Å². The molecule has 0 aliphatic carbocycles. The van der Waals surface area contributed by atoms with E-state index in [9.17, 15) is 9.18 Å². The van der Waals surface area contributed by atoms with Gasteiger partial charge < -0.3 is 0 Å². The number of carbonyl (C=O) groups excluding carboxylic acids is 1. The standard InChI is InChI=1S/C15H12ClFO/c1-9-7-11(8-10(2)14(9)17)15(18)12-5-3-4-6-13(12)16/h3-8H,1-2H3. The molecule has 18 heavy (non-hydrogen) atoms. The van der Waals surface area contributed by atoms with Crippen molar-refractivity contribution in [1.82, 2.24) is 0 Å². The first-order chi connectivity index (χ1) is 8.50. The van der Waals surface area contributed by atoms with E-state index in [0.717, 1.165) is 0 Å². The Labute approximate surface area is 110 Å². The molecule has 0 saturated carbocycles. The lowest BCUT2D eigenvalue weighted by Gasteiger charge is -2.07. The van der Waals surface area contributed by atoms with E-state index in [2.05, 4.69) is 0 Å². The second-order valence-electron chi connectivity index (χ2n) is 4.23. The van der Waals surface area contributed by atoms with E-state index in [-0.39, 0.29) is 11.6 Å². The molecule has 0 spiro atoms. The van der Waals surface area contributed by atoms with Gasteiger partial charge >= 0.3 is 0 Å². The number of benzene rings is 2. The minimum atomic E-state index is -0.272. The maximum Gasteiger partial charge on any atom is 0.194 e. The zero-order valence-corrected chi connectivity index (χ0v) is 10.9. The Morgan fingerprint density at radius 3 is 2.22 bits per heavy atom. The van der Waals surface area contributed by atoms with Gasteiger partial charge in [-0.2, -0.15) is 0 Å². The second-order valence-corrected chi connectivity index (χ2v) is 4.64. The van der Waals surface area contributed by atoms with Crippen molar-refractivity contribution < 1.29 is 9.18 Å². The second kappa shape index (κ2) is 4.91. The Morgan fingerprint density at radius 1 is 1.11 bits per heavy atom. The molecule has 0 saturated heterocycles. The third kappa shape index (κ3) is 2.29. The third-order valence-corrected chi connectivity index (χ3v) is 3.15. The maximum atomic E-state index is 13.5. The molecule has 0 N–H and O–H groups in total. The van der Waals surface area contributed by atoms with Gasteiger partial charge in [-0.15, -0.1) is 0 Å². The smallest absolute Gasteiger partial charge is 0.194 e. The van der Waals surface area contributed by atoms with Gasteiger partial charge in [0.05, 0.1) is 5.02 Å². The molecule has 92 valence electrons. The van der Waals surface area contributed by atoms with Gasteiger partial charge in [-0.3, -0.25) is 4.79 Å². The predicted octanol–water partition coefficient (Wildman–Crippen LogP) is 4.33. The lowest BCUT2D eigenvalue weighted by atomic mass is 9.99. The zero-order valence-electron chi connectivity index (χ0n) is 10.1. The summed E-state index contributed by atoms with van der Waals surface area (Å²) in [5.74, 6) is -0.461. The van der Waals surface area contributed by atoms with Crippen molar-refractivity contribution in [3.05, 3.63) is 69.5 Å². The van der Waals surface area contributed by atoms with E-state index in [0.29, 0.717) is 27.3 Å². The highest BCUT2D eigenvalue weighted by Gasteiger charge is 2.14. The van der Waals surface area contributed by atoms with E-state index in [1.54, 1.807) is 50.2 Å². The van der Waals surface area contributed by atoms with Crippen LogP contribution in [0.3, 0.4) is 0 Å². The summed E-state index contributed by atoms with van der Waals surface area (Å²) in [4.78, 5) is 12.3. The highest BCUT2D eigenvalue weighted by molar-refractivity contribution is 6.35. The molecular formula is C15H12ClFO. The Morgan fingerprint density at radius 2 is 1.67 bits per heavy atom. The average molecular weight is 263 g/mol. The van der Waals surface area contributed by atoms with Gasteiger partial charge in [-0.05, 0) is 49.2 Å². The van der Waals surface area contributed by atoms with Crippen molar-refractivity contribution in [1.29, 1.82) is 0 Å². The molecule has 0 unspecified atom stereocenters. The number of ketones is 1. The lowest BCUT2D eigenvalue weighted by molar-refractivity contribution is 0.103. The fraction of sp³-hybridized carbons (Fsp3) is 0.133. The summed E-state index contributed by atoms with van der Waals surface area (Å²) >= 11 is 5.98. The predicted molar refractivity (Wildman–Crippen MR) is 70.8 cm³/mol. The Bertz CT molecular complexity index is 597. The van der Waals surface area contributed by atoms with E-state index in [1.807, 2.05) is 0 Å². The normalized spacial score (nSPS) is 10.4. The van der Waals surface area contributed by atoms with Gasteiger partial charge in [0.1, 0.15) is 5.82 Å². The van der Waals surface area contributed by atoms with Gasteiger partial charge in [0, 0.05) is 11.1 Å². The first-order valence-electron chi connectivity index (χ1n) is 5.56. The Balaban J connectivity index is 2.51. The molecule has 0 fully saturated rings. The molecule has 0 atom stereocenters. The van der Waals surface area contributed by atoms with Crippen LogP contribution in [0.4, 0.5) is 4.39 Å².